The first-order valence-corrected chi connectivity index (χ1v) is 0. The van der Waals surface area contributed by atoms with Crippen LogP contribution < -0.4 is 0 Å². The van der Waals surface area contributed by atoms with E-state index in [1.54, 1.807) is 0 Å². The van der Waals surface area contributed by atoms with E-state index in [1.807, 2.05) is 0 Å². The molecule has 0 aliphatic heterocycles. The average molecular weight is 311 g/mol. The normalized spacial score (nSPS) is 0. The minimum absolute atomic E-state index is 0. The fourth-order valence-electron chi connectivity index (χ4n) is 0. The van der Waals surface area contributed by atoms with Crippen molar-refractivity contribution in [2.75, 3.05) is 0 Å². The maximum atomic E-state index is 0. The van der Waals surface area contributed by atoms with Crippen molar-refractivity contribution >= 4 is 74.3 Å². The molecular weight excluding hydrogens is 303 g/mol. The second-order valence-electron chi connectivity index (χ2n) is 0. The van der Waals surface area contributed by atoms with Gasteiger partial charge in [-0.15, -0.1) is 63.4 Å². The summed E-state index contributed by atoms with van der Waals surface area (Å²) in [5.41, 5.74) is 0. The third-order valence-electron chi connectivity index (χ3n) is 0. The van der Waals surface area contributed by atoms with Crippen molar-refractivity contribution in [2.45, 2.75) is 0 Å². The Morgan fingerprint density at radius 1 is 0.600 bits per heavy atom. The van der Waals surface area contributed by atoms with Gasteiger partial charge in [0.05, 0.1) is 0 Å². The lowest BCUT2D eigenvalue weighted by Crippen LogP contribution is -0.381. The van der Waals surface area contributed by atoms with Crippen LogP contribution in [0.2, 0.25) is 0 Å². The van der Waals surface area contributed by atoms with Crippen LogP contribution in [0.4, 0.5) is 0 Å². The summed E-state index contributed by atoms with van der Waals surface area (Å²) in [4.78, 5) is 0. The smallest absolute Gasteiger partial charge is 0.0149 e. The number of halogens is 4. The molecule has 0 heterocycles. The van der Waals surface area contributed by atoms with Crippen molar-refractivity contribution in [3.8, 4) is 0 Å². The largest absolute Gasteiger partial charge is 0.147 e. The molecule has 0 saturated heterocycles. The topological polar surface area (TPSA) is 0 Å². The van der Waals surface area contributed by atoms with Gasteiger partial charge in [-0.2, -0.15) is 0 Å². The molecule has 5 heteroatoms. The zero-order valence-corrected chi connectivity index (χ0v) is 7.59. The van der Waals surface area contributed by atoms with Crippen molar-refractivity contribution in [1.82, 2.24) is 0 Å². The maximum Gasteiger partial charge on any atom is -0.0149 e. The van der Waals surface area contributed by atoms with E-state index in [0.29, 0.717) is 0 Å². The second-order valence-corrected chi connectivity index (χ2v) is 0. The second kappa shape index (κ2) is 38.4. The number of hydrogen-bond acceptors (Lipinski definition) is 0. The molecule has 0 nitrogen and oxygen atoms in total. The SMILES string of the molecule is Br.Br.Br.Cl.[SiH4]. The molecule has 0 aliphatic carbocycles. The summed E-state index contributed by atoms with van der Waals surface area (Å²) in [5, 5.41) is 0. The zero-order valence-electron chi connectivity index (χ0n) is 1.63. The Hall–Kier alpha value is 1.95. The Balaban J connectivity index is 0. The highest BCUT2D eigenvalue weighted by atomic mass is 79.9. The summed E-state index contributed by atoms with van der Waals surface area (Å²) in [6, 6.07) is 0. The van der Waals surface area contributed by atoms with E-state index < -0.39 is 0 Å². The summed E-state index contributed by atoms with van der Waals surface area (Å²) in [6.07, 6.45) is 0. The van der Waals surface area contributed by atoms with Crippen LogP contribution in [-0.2, 0) is 0 Å². The zero-order chi connectivity index (χ0) is 0. The Morgan fingerprint density at radius 2 is 0.600 bits per heavy atom. The Bertz CT molecular complexity index is 6.85. The van der Waals surface area contributed by atoms with Crippen LogP contribution >= 0.6 is 63.4 Å². The predicted molar refractivity (Wildman–Crippen MR) is 49.5 cm³/mol. The molecule has 0 spiro atoms. The first kappa shape index (κ1) is 64.8. The minimum atomic E-state index is 0. The highest BCUT2D eigenvalue weighted by Crippen LogP contribution is 0.848. The molecular formula is H8Br3ClSi. The molecule has 0 aromatic carbocycles. The summed E-state index contributed by atoms with van der Waals surface area (Å²) < 4.78 is 0. The Morgan fingerprint density at radius 3 is 0.600 bits per heavy atom. The lowest BCUT2D eigenvalue weighted by atomic mass is 28.1. The lowest BCUT2D eigenvalue weighted by Gasteiger charge is -0.147. The first-order valence-electron chi connectivity index (χ1n) is 0. The molecule has 0 radical (unpaired) electrons. The molecule has 0 saturated carbocycles. The Kier molecular flexibility index (Phi) is 498. The minimum Gasteiger partial charge on any atom is -0.147 e. The van der Waals surface area contributed by atoms with Crippen molar-refractivity contribution in [3.63, 3.8) is 0 Å². The molecule has 0 rings (SSSR count). The molecule has 0 amide bonds. The van der Waals surface area contributed by atoms with E-state index in [4.69, 9.17) is 0 Å². The van der Waals surface area contributed by atoms with E-state index in [2.05, 4.69) is 0 Å². The predicted octanol–water partition coefficient (Wildman–Crippen LogP) is 0.704. The van der Waals surface area contributed by atoms with E-state index in [-0.39, 0.29) is 74.3 Å². The standard InChI is InChI=1S/3BrH.ClH.H4Si/h4*1H;1H4. The molecule has 0 aromatic heterocycles. The lowest BCUT2D eigenvalue weighted by molar-refractivity contribution is 5.75. The summed E-state index contributed by atoms with van der Waals surface area (Å²) in [5.74, 6) is 0. The van der Waals surface area contributed by atoms with E-state index in [0.717, 1.165) is 0 Å². The molecule has 0 aliphatic rings. The van der Waals surface area contributed by atoms with Crippen molar-refractivity contribution < 1.29 is 0 Å². The van der Waals surface area contributed by atoms with Gasteiger partial charge in [-0.3, -0.25) is 0 Å². The van der Waals surface area contributed by atoms with Crippen LogP contribution in [0.5, 0.6) is 0 Å². The molecule has 0 unspecified atom stereocenters. The van der Waals surface area contributed by atoms with Crippen LogP contribution in [0.25, 0.3) is 0 Å². The van der Waals surface area contributed by atoms with Crippen LogP contribution in [0, 0.1) is 0 Å². The van der Waals surface area contributed by atoms with Crippen molar-refractivity contribution in [1.29, 1.82) is 0 Å². The van der Waals surface area contributed by atoms with Gasteiger partial charge in [-0.25, -0.2) is 0 Å². The highest BCUT2D eigenvalue weighted by molar-refractivity contribution is 8.93. The quantitative estimate of drug-likeness (QED) is 0.578. The van der Waals surface area contributed by atoms with Crippen LogP contribution in [0.1, 0.15) is 0 Å². The van der Waals surface area contributed by atoms with Gasteiger partial charge < -0.3 is 0 Å². The fourth-order valence-corrected chi connectivity index (χ4v) is 0. The fraction of sp³-hybridized carbons (Fsp3) is 0. The van der Waals surface area contributed by atoms with E-state index >= 15 is 0 Å². The monoisotopic (exact) mass is 308 g/mol. The van der Waals surface area contributed by atoms with Gasteiger partial charge in [-0.05, 0) is 11.0 Å². The van der Waals surface area contributed by atoms with Gasteiger partial charge >= 0.3 is 0 Å². The van der Waals surface area contributed by atoms with Gasteiger partial charge in [-0.1, -0.05) is 0 Å². The summed E-state index contributed by atoms with van der Waals surface area (Å²) in [6.45, 7) is 0. The van der Waals surface area contributed by atoms with Gasteiger partial charge in [0.1, 0.15) is 0 Å². The van der Waals surface area contributed by atoms with Crippen LogP contribution in [0.3, 0.4) is 0 Å². The molecule has 40 valence electrons. The maximum absolute atomic E-state index is 0. The van der Waals surface area contributed by atoms with Crippen molar-refractivity contribution in [2.24, 2.45) is 0 Å². The first-order chi connectivity index (χ1) is 0. The van der Waals surface area contributed by atoms with Gasteiger partial charge in [0.2, 0.25) is 0 Å². The Labute approximate surface area is 73.8 Å². The van der Waals surface area contributed by atoms with Gasteiger partial charge in [0.25, 0.3) is 0 Å². The van der Waals surface area contributed by atoms with Gasteiger partial charge in [0, 0.05) is 0 Å². The van der Waals surface area contributed by atoms with E-state index in [9.17, 15) is 0 Å². The van der Waals surface area contributed by atoms with E-state index in [1.165, 1.54) is 0 Å². The highest BCUT2D eigenvalue weighted by Gasteiger charge is -0.0148. The molecule has 0 fully saturated rings. The third-order valence-corrected chi connectivity index (χ3v) is 0. The summed E-state index contributed by atoms with van der Waals surface area (Å²) >= 11 is 0. The van der Waals surface area contributed by atoms with Crippen molar-refractivity contribution in [3.05, 3.63) is 0 Å². The molecule has 0 N–H and O–H groups in total. The number of hydrogen-bond donors (Lipinski definition) is 0. The van der Waals surface area contributed by atoms with Gasteiger partial charge in [0.15, 0.2) is 0 Å². The molecule has 5 heavy (non-hydrogen) atoms. The number of rotatable bonds is 0. The van der Waals surface area contributed by atoms with Crippen LogP contribution in [-0.4, -0.2) is 11.0 Å². The summed E-state index contributed by atoms with van der Waals surface area (Å²) in [7, 11) is 0. The third kappa shape index (κ3) is 24.4. The molecule has 0 aromatic rings. The van der Waals surface area contributed by atoms with Crippen LogP contribution in [0.15, 0.2) is 0 Å². The average Bonchev–Trinajstić information content (AvgIpc) is 0. The molecule has 0 atom stereocenters. The molecule has 0 bridgehead atoms.